The van der Waals surface area contributed by atoms with Crippen LogP contribution in [0.2, 0.25) is 5.02 Å². The number of benzene rings is 1. The van der Waals surface area contributed by atoms with Crippen molar-refractivity contribution in [2.24, 2.45) is 0 Å². The molecule has 1 N–H and O–H groups in total. The zero-order chi connectivity index (χ0) is 14.0. The van der Waals surface area contributed by atoms with Gasteiger partial charge in [-0.1, -0.05) is 11.6 Å². The maximum absolute atomic E-state index is 12.3. The average molecular weight is 282 g/mol. The summed E-state index contributed by atoms with van der Waals surface area (Å²) in [5, 5.41) is 3.38. The third-order valence-electron chi connectivity index (χ3n) is 3.30. The predicted octanol–water partition coefficient (Wildman–Crippen LogP) is 2.37. The topological polar surface area (TPSA) is 55.4 Å². The van der Waals surface area contributed by atoms with Crippen molar-refractivity contribution in [1.82, 2.24) is 5.32 Å². The predicted molar refractivity (Wildman–Crippen MR) is 72.9 cm³/mol. The third kappa shape index (κ3) is 2.89. The molecule has 0 heterocycles. The Labute approximate surface area is 117 Å². The zero-order valence-electron chi connectivity index (χ0n) is 11.0. The van der Waals surface area contributed by atoms with Crippen LogP contribution in [0.4, 0.5) is 0 Å². The van der Waals surface area contributed by atoms with Gasteiger partial charge < -0.3 is 10.1 Å². The number of methoxy groups -OCH3 is 1. The van der Waals surface area contributed by atoms with Gasteiger partial charge in [0.2, 0.25) is 5.91 Å². The van der Waals surface area contributed by atoms with Crippen LogP contribution in [0.1, 0.15) is 35.7 Å². The minimum atomic E-state index is -0.141. The summed E-state index contributed by atoms with van der Waals surface area (Å²) >= 11 is 6.17. The van der Waals surface area contributed by atoms with Gasteiger partial charge in [-0.25, -0.2) is 0 Å². The van der Waals surface area contributed by atoms with Crippen LogP contribution in [0.3, 0.4) is 0 Å². The largest absolute Gasteiger partial charge is 0.496 e. The maximum Gasteiger partial charge on any atom is 0.217 e. The molecule has 0 spiro atoms. The summed E-state index contributed by atoms with van der Waals surface area (Å²) < 4.78 is 5.24. The Kier molecular flexibility index (Phi) is 4.10. The molecule has 5 heteroatoms. The van der Waals surface area contributed by atoms with Crippen LogP contribution < -0.4 is 10.1 Å². The lowest BCUT2D eigenvalue weighted by Crippen LogP contribution is -2.34. The Bertz CT molecular complexity index is 528. The highest BCUT2D eigenvalue weighted by Crippen LogP contribution is 2.33. The average Bonchev–Trinajstić information content (AvgIpc) is 2.50. The molecule has 1 atom stereocenters. The van der Waals surface area contributed by atoms with Crippen LogP contribution in [0.25, 0.3) is 0 Å². The number of hydrogen-bond donors (Lipinski definition) is 1. The molecule has 0 saturated heterocycles. The van der Waals surface area contributed by atoms with Gasteiger partial charge in [-0.2, -0.15) is 0 Å². The van der Waals surface area contributed by atoms with Gasteiger partial charge in [0.1, 0.15) is 5.75 Å². The number of amides is 1. The second-order valence-corrected chi connectivity index (χ2v) is 5.07. The van der Waals surface area contributed by atoms with E-state index in [1.807, 2.05) is 0 Å². The molecule has 102 valence electrons. The van der Waals surface area contributed by atoms with Gasteiger partial charge in [0.15, 0.2) is 5.78 Å². The molecular formula is C14H16ClNO3. The lowest BCUT2D eigenvalue weighted by molar-refractivity contribution is -0.119. The summed E-state index contributed by atoms with van der Waals surface area (Å²) in [5.41, 5.74) is 1.38. The monoisotopic (exact) mass is 281 g/mol. The van der Waals surface area contributed by atoms with Crippen LogP contribution in [-0.2, 0) is 11.2 Å². The first-order valence-electron chi connectivity index (χ1n) is 6.18. The van der Waals surface area contributed by atoms with Crippen molar-refractivity contribution in [2.75, 3.05) is 7.11 Å². The number of halogens is 1. The quantitative estimate of drug-likeness (QED) is 0.847. The van der Waals surface area contributed by atoms with Crippen molar-refractivity contribution in [1.29, 1.82) is 0 Å². The fourth-order valence-electron chi connectivity index (χ4n) is 2.48. The van der Waals surface area contributed by atoms with E-state index in [4.69, 9.17) is 16.3 Å². The van der Waals surface area contributed by atoms with Crippen LogP contribution >= 0.6 is 11.6 Å². The number of hydrogen-bond acceptors (Lipinski definition) is 3. The Morgan fingerprint density at radius 2 is 2.21 bits per heavy atom. The van der Waals surface area contributed by atoms with Crippen molar-refractivity contribution < 1.29 is 14.3 Å². The Morgan fingerprint density at radius 3 is 2.84 bits per heavy atom. The summed E-state index contributed by atoms with van der Waals surface area (Å²) in [7, 11) is 1.53. The minimum Gasteiger partial charge on any atom is -0.496 e. The van der Waals surface area contributed by atoms with Gasteiger partial charge >= 0.3 is 0 Å². The number of Topliss-reactive ketones (excluding diaryl/α,β-unsaturated/α-hetero) is 1. The molecule has 1 aromatic carbocycles. The van der Waals surface area contributed by atoms with Gasteiger partial charge in [-0.15, -0.1) is 0 Å². The van der Waals surface area contributed by atoms with E-state index in [1.54, 1.807) is 12.1 Å². The van der Waals surface area contributed by atoms with E-state index in [0.717, 1.165) is 5.56 Å². The van der Waals surface area contributed by atoms with E-state index in [0.29, 0.717) is 29.2 Å². The molecule has 0 aromatic heterocycles. The molecule has 0 aliphatic heterocycles. The number of fused-ring (bicyclic) bond motifs is 1. The number of carbonyl (C=O) groups is 2. The van der Waals surface area contributed by atoms with Gasteiger partial charge in [0.05, 0.1) is 12.7 Å². The van der Waals surface area contributed by atoms with Crippen molar-refractivity contribution in [3.8, 4) is 5.75 Å². The molecule has 19 heavy (non-hydrogen) atoms. The first-order valence-corrected chi connectivity index (χ1v) is 6.56. The molecular weight excluding hydrogens is 266 g/mol. The molecule has 0 radical (unpaired) electrons. The standard InChI is InChI=1S/C14H16ClNO3/c1-8(17)16-9-3-4-10-11(15)5-6-13(19-2)14(10)12(18)7-9/h5-6,9H,3-4,7H2,1-2H3,(H,16,17). The fraction of sp³-hybridized carbons (Fsp3) is 0.429. The molecule has 4 nitrogen and oxygen atoms in total. The van der Waals surface area contributed by atoms with Crippen molar-refractivity contribution >= 4 is 23.3 Å². The summed E-state index contributed by atoms with van der Waals surface area (Å²) in [6.45, 7) is 1.45. The van der Waals surface area contributed by atoms with Gasteiger partial charge in [0, 0.05) is 24.4 Å². The van der Waals surface area contributed by atoms with Gasteiger partial charge in [-0.3, -0.25) is 9.59 Å². The van der Waals surface area contributed by atoms with Crippen LogP contribution in [0, 0.1) is 0 Å². The van der Waals surface area contributed by atoms with E-state index in [-0.39, 0.29) is 24.2 Å². The van der Waals surface area contributed by atoms with E-state index < -0.39 is 0 Å². The molecule has 0 fully saturated rings. The van der Waals surface area contributed by atoms with E-state index in [1.165, 1.54) is 14.0 Å². The number of ketones is 1. The Hall–Kier alpha value is -1.55. The number of carbonyl (C=O) groups excluding carboxylic acids is 2. The van der Waals surface area contributed by atoms with Gasteiger partial charge in [-0.05, 0) is 30.5 Å². The molecule has 2 rings (SSSR count). The number of rotatable bonds is 2. The lowest BCUT2D eigenvalue weighted by atomic mass is 10.0. The summed E-state index contributed by atoms with van der Waals surface area (Å²) in [5.74, 6) is 0.389. The van der Waals surface area contributed by atoms with Crippen molar-refractivity contribution in [2.45, 2.75) is 32.2 Å². The Balaban J connectivity index is 2.37. The number of ether oxygens (including phenoxy) is 1. The summed E-state index contributed by atoms with van der Waals surface area (Å²) in [6, 6.07) is 3.31. The smallest absolute Gasteiger partial charge is 0.217 e. The summed E-state index contributed by atoms with van der Waals surface area (Å²) in [4.78, 5) is 23.5. The maximum atomic E-state index is 12.3. The highest BCUT2D eigenvalue weighted by Gasteiger charge is 2.27. The summed E-state index contributed by atoms with van der Waals surface area (Å²) in [6.07, 6.45) is 1.64. The van der Waals surface area contributed by atoms with E-state index in [9.17, 15) is 9.59 Å². The SMILES string of the molecule is COc1ccc(Cl)c2c1C(=O)CC(NC(C)=O)CC2. The molecule has 1 unspecified atom stereocenters. The molecule has 0 saturated carbocycles. The van der Waals surface area contributed by atoms with Crippen LogP contribution in [-0.4, -0.2) is 24.8 Å². The highest BCUT2D eigenvalue weighted by atomic mass is 35.5. The fourth-order valence-corrected chi connectivity index (χ4v) is 2.73. The zero-order valence-corrected chi connectivity index (χ0v) is 11.7. The minimum absolute atomic E-state index is 0.0365. The first kappa shape index (κ1) is 13.9. The first-order chi connectivity index (χ1) is 9.02. The highest BCUT2D eigenvalue weighted by molar-refractivity contribution is 6.32. The molecule has 1 amide bonds. The Morgan fingerprint density at radius 1 is 1.47 bits per heavy atom. The second kappa shape index (κ2) is 5.61. The molecule has 1 aromatic rings. The van der Waals surface area contributed by atoms with E-state index >= 15 is 0 Å². The van der Waals surface area contributed by atoms with Crippen molar-refractivity contribution in [3.63, 3.8) is 0 Å². The van der Waals surface area contributed by atoms with Crippen LogP contribution in [0.5, 0.6) is 5.75 Å². The van der Waals surface area contributed by atoms with Crippen LogP contribution in [0.15, 0.2) is 12.1 Å². The van der Waals surface area contributed by atoms with Crippen molar-refractivity contribution in [3.05, 3.63) is 28.3 Å². The second-order valence-electron chi connectivity index (χ2n) is 4.67. The third-order valence-corrected chi connectivity index (χ3v) is 3.65. The number of nitrogens with one attached hydrogen (secondary N) is 1. The molecule has 1 aliphatic rings. The normalized spacial score (nSPS) is 18.5. The van der Waals surface area contributed by atoms with E-state index in [2.05, 4.69) is 5.32 Å². The van der Waals surface area contributed by atoms with Gasteiger partial charge in [0.25, 0.3) is 0 Å². The molecule has 1 aliphatic carbocycles. The molecule has 0 bridgehead atoms. The lowest BCUT2D eigenvalue weighted by Gasteiger charge is -2.13.